The number of aryl methyl sites for hydroxylation is 1. The summed E-state index contributed by atoms with van der Waals surface area (Å²) < 4.78 is 101. The van der Waals surface area contributed by atoms with Crippen molar-refractivity contribution in [2.45, 2.75) is 21.6 Å². The minimum absolute atomic E-state index is 0. The summed E-state index contributed by atoms with van der Waals surface area (Å²) in [6.07, 6.45) is 0. The van der Waals surface area contributed by atoms with Crippen molar-refractivity contribution in [3.05, 3.63) is 66.2 Å². The molecule has 0 spiro atoms. The zero-order chi connectivity index (χ0) is 29.6. The Morgan fingerprint density at radius 3 is 1.83 bits per heavy atom. The molecule has 0 saturated carbocycles. The molecule has 1 radical (unpaired) electrons. The van der Waals surface area contributed by atoms with Crippen molar-refractivity contribution in [1.29, 1.82) is 0 Å². The van der Waals surface area contributed by atoms with Crippen LogP contribution in [0.2, 0.25) is 0 Å². The normalized spacial score (nSPS) is 12.4. The van der Waals surface area contributed by atoms with Gasteiger partial charge in [-0.05, 0) is 55.0 Å². The molecule has 6 N–H and O–H groups in total. The first-order valence-corrected chi connectivity index (χ1v) is 15.1. The number of phenols is 2. The second-order valence-corrected chi connectivity index (χ2v) is 12.5. The molecular weight excluding hydrogens is 654 g/mol. The summed E-state index contributed by atoms with van der Waals surface area (Å²) >= 11 is 0. The van der Waals surface area contributed by atoms with E-state index in [4.69, 9.17) is 0 Å². The molecule has 4 rings (SSSR count). The third-order valence-electron chi connectivity index (χ3n) is 5.52. The molecule has 41 heavy (non-hydrogen) atoms. The van der Waals surface area contributed by atoms with E-state index in [1.807, 2.05) is 0 Å². The molecule has 0 saturated heterocycles. The van der Waals surface area contributed by atoms with E-state index in [9.17, 15) is 49.1 Å². The van der Waals surface area contributed by atoms with E-state index in [0.717, 1.165) is 18.2 Å². The van der Waals surface area contributed by atoms with Crippen LogP contribution in [0.15, 0.2) is 85.6 Å². The maximum absolute atomic E-state index is 12.3. The fourth-order valence-corrected chi connectivity index (χ4v) is 5.85. The molecule has 0 aliphatic heterocycles. The Kier molecular flexibility index (Phi) is 8.83. The van der Waals surface area contributed by atoms with Crippen LogP contribution in [0.3, 0.4) is 0 Å². The Hall–Kier alpha value is -3.61. The van der Waals surface area contributed by atoms with Gasteiger partial charge in [0.05, 0.1) is 11.1 Å². The van der Waals surface area contributed by atoms with Crippen molar-refractivity contribution in [1.82, 2.24) is 0 Å². The van der Waals surface area contributed by atoms with Gasteiger partial charge in [0.2, 0.25) is 0 Å². The average Bonchev–Trinajstić information content (AvgIpc) is 2.83. The van der Waals surface area contributed by atoms with Gasteiger partial charge in [0.15, 0.2) is 11.5 Å². The minimum atomic E-state index is -5.24. The summed E-state index contributed by atoms with van der Waals surface area (Å²) in [5.41, 5.74) is -0.816. The van der Waals surface area contributed by atoms with E-state index in [0.29, 0.717) is 11.8 Å². The molecule has 0 amide bonds. The third kappa shape index (κ3) is 6.66. The van der Waals surface area contributed by atoms with Crippen LogP contribution in [-0.2, 0) is 47.4 Å². The van der Waals surface area contributed by atoms with Gasteiger partial charge in [-0.15, -0.1) is 10.2 Å². The second kappa shape index (κ2) is 11.3. The predicted octanol–water partition coefficient (Wildman–Crippen LogP) is 4.46. The number of aromatic hydroxyl groups is 2. The number of hydrogen-bond donors (Lipinski definition) is 6. The molecule has 4 aromatic rings. The molecule has 0 heterocycles. The fraction of sp³-hybridized carbons (Fsp3) is 0.0435. The second-order valence-electron chi connectivity index (χ2n) is 8.35. The van der Waals surface area contributed by atoms with E-state index in [1.165, 1.54) is 13.0 Å². The van der Waals surface area contributed by atoms with Crippen LogP contribution in [0.1, 0.15) is 5.56 Å². The van der Waals surface area contributed by atoms with Gasteiger partial charge in [0, 0.05) is 28.1 Å². The number of phenolic OH excluding ortho intramolecular Hbond substituents is 2. The van der Waals surface area contributed by atoms with Gasteiger partial charge in [-0.1, -0.05) is 18.2 Å². The number of fused-ring (bicyclic) bond motifs is 1. The standard InChI is InChI=1S/C23H19N3O11S3.Cu/c1-12-9-16(22(27)19(10-12)40(35,36)37)25-26-21-18(39(32,33)34)11-14-17(38(29,30)31)8-7-15(20(14)23(21)28)24-13-5-3-2-4-6-13;/h2-11,24,27-28H,1H3,(H,29,30,31)(H,32,33,34)(H,35,36,37);. The summed E-state index contributed by atoms with van der Waals surface area (Å²) in [4.78, 5) is -2.87. The van der Waals surface area contributed by atoms with E-state index in [-0.39, 0.29) is 33.7 Å². The molecule has 221 valence electrons. The number of azo groups is 1. The Morgan fingerprint density at radius 2 is 1.27 bits per heavy atom. The molecule has 0 aliphatic rings. The van der Waals surface area contributed by atoms with E-state index < -0.39 is 73.3 Å². The minimum Gasteiger partial charge on any atom is -0.505 e. The van der Waals surface area contributed by atoms with Crippen LogP contribution in [0.5, 0.6) is 11.5 Å². The van der Waals surface area contributed by atoms with Crippen LogP contribution < -0.4 is 5.32 Å². The molecule has 0 atom stereocenters. The van der Waals surface area contributed by atoms with Crippen molar-refractivity contribution >= 4 is 63.9 Å². The molecule has 18 heteroatoms. The summed E-state index contributed by atoms with van der Waals surface area (Å²) in [5.74, 6) is -2.06. The molecule has 0 aromatic heterocycles. The number of para-hydroxylation sites is 1. The fourth-order valence-electron chi connectivity index (χ4n) is 3.84. The number of nitrogens with zero attached hydrogens (tertiary/aromatic N) is 2. The first-order valence-electron chi connectivity index (χ1n) is 10.8. The van der Waals surface area contributed by atoms with Gasteiger partial charge in [-0.2, -0.15) is 25.3 Å². The number of nitrogens with one attached hydrogen (secondary N) is 1. The number of rotatable bonds is 7. The number of benzene rings is 4. The third-order valence-corrected chi connectivity index (χ3v) is 8.16. The summed E-state index contributed by atoms with van der Waals surface area (Å²) in [7, 11) is -15.1. The van der Waals surface area contributed by atoms with Crippen LogP contribution in [0, 0.1) is 6.92 Å². The van der Waals surface area contributed by atoms with Crippen LogP contribution >= 0.6 is 0 Å². The van der Waals surface area contributed by atoms with Crippen molar-refractivity contribution in [3.8, 4) is 11.5 Å². The first kappa shape index (κ1) is 31.9. The Morgan fingerprint density at radius 1 is 0.683 bits per heavy atom. The molecular formula is C23H19CuN3O11S3. The van der Waals surface area contributed by atoms with Gasteiger partial charge in [0.1, 0.15) is 26.1 Å². The smallest absolute Gasteiger partial charge is 0.298 e. The van der Waals surface area contributed by atoms with Gasteiger partial charge in [-0.25, -0.2) is 0 Å². The summed E-state index contributed by atoms with van der Waals surface area (Å²) in [6.45, 7) is 1.39. The van der Waals surface area contributed by atoms with Crippen molar-refractivity contribution in [3.63, 3.8) is 0 Å². The van der Waals surface area contributed by atoms with Crippen molar-refractivity contribution in [2.75, 3.05) is 5.32 Å². The number of hydrogen-bond acceptors (Lipinski definition) is 11. The average molecular weight is 673 g/mol. The zero-order valence-corrected chi connectivity index (χ0v) is 23.8. The van der Waals surface area contributed by atoms with Gasteiger partial charge in [-0.3, -0.25) is 13.7 Å². The van der Waals surface area contributed by atoms with E-state index >= 15 is 0 Å². The molecule has 0 aliphatic carbocycles. The molecule has 0 fully saturated rings. The van der Waals surface area contributed by atoms with Crippen molar-refractivity contribution in [2.24, 2.45) is 10.2 Å². The largest absolute Gasteiger partial charge is 0.505 e. The summed E-state index contributed by atoms with van der Waals surface area (Å²) in [5, 5.41) is 30.8. The quantitative estimate of drug-likeness (QED) is 0.0906. The predicted molar refractivity (Wildman–Crippen MR) is 142 cm³/mol. The SMILES string of the molecule is Cc1cc(N=Nc2c(S(=O)(=O)O)cc3c(S(=O)(=O)O)ccc(Nc4ccccc4)c3c2O)c(O)c(S(=O)(=O)O)c1.[Cu]. The van der Waals surface area contributed by atoms with Gasteiger partial charge >= 0.3 is 0 Å². The summed E-state index contributed by atoms with van der Waals surface area (Å²) in [6, 6.07) is 13.1. The van der Waals surface area contributed by atoms with Crippen LogP contribution in [-0.4, -0.2) is 49.1 Å². The maximum atomic E-state index is 12.3. The van der Waals surface area contributed by atoms with Crippen LogP contribution in [0.4, 0.5) is 22.7 Å². The Balaban J connectivity index is 0.00000462. The van der Waals surface area contributed by atoms with E-state index in [1.54, 1.807) is 30.3 Å². The molecule has 0 bridgehead atoms. The van der Waals surface area contributed by atoms with Gasteiger partial charge in [0.25, 0.3) is 30.4 Å². The van der Waals surface area contributed by atoms with E-state index in [2.05, 4.69) is 15.5 Å². The molecule has 4 aromatic carbocycles. The van der Waals surface area contributed by atoms with Crippen molar-refractivity contribution < 1.29 is 66.2 Å². The maximum Gasteiger partial charge on any atom is 0.298 e. The zero-order valence-electron chi connectivity index (χ0n) is 20.4. The monoisotopic (exact) mass is 672 g/mol. The Bertz CT molecular complexity index is 2030. The van der Waals surface area contributed by atoms with Crippen LogP contribution in [0.25, 0.3) is 10.8 Å². The Labute approximate surface area is 244 Å². The van der Waals surface area contributed by atoms with Gasteiger partial charge < -0.3 is 15.5 Å². The molecule has 0 unspecified atom stereocenters. The number of anilines is 2. The topological polar surface area (TPSA) is 240 Å². The first-order chi connectivity index (χ1) is 18.5. The molecule has 14 nitrogen and oxygen atoms in total.